The Labute approximate surface area is 123 Å². The molecule has 0 bridgehead atoms. The van der Waals surface area contributed by atoms with E-state index in [0.717, 1.165) is 0 Å². The number of piperidine rings is 1. The number of carbonyl (C=O) groups excluding carboxylic acids is 1. The van der Waals surface area contributed by atoms with Gasteiger partial charge in [-0.3, -0.25) is 4.79 Å². The van der Waals surface area contributed by atoms with E-state index in [2.05, 4.69) is 0 Å². The van der Waals surface area contributed by atoms with Gasteiger partial charge in [0.2, 0.25) is 0 Å². The Balaban J connectivity index is 2.30. The van der Waals surface area contributed by atoms with Crippen molar-refractivity contribution in [1.29, 1.82) is 0 Å². The van der Waals surface area contributed by atoms with Gasteiger partial charge in [0.05, 0.1) is 6.42 Å². The Morgan fingerprint density at radius 1 is 1.29 bits per heavy atom. The molecule has 0 aromatic carbocycles. The third-order valence-electron chi connectivity index (χ3n) is 3.47. The summed E-state index contributed by atoms with van der Waals surface area (Å²) in [4.78, 5) is 13.5. The lowest BCUT2D eigenvalue weighted by Crippen LogP contribution is -2.43. The molecule has 1 saturated heterocycles. The summed E-state index contributed by atoms with van der Waals surface area (Å²) in [5.74, 6) is -1.05. The number of aliphatic hydroxyl groups is 1. The Hall–Kier alpha value is -0.820. The summed E-state index contributed by atoms with van der Waals surface area (Å²) in [5.41, 5.74) is -0.527. The maximum atomic E-state index is 12.4. The molecule has 1 rings (SSSR count). The van der Waals surface area contributed by atoms with E-state index in [4.69, 9.17) is 4.74 Å². The van der Waals surface area contributed by atoms with Crippen LogP contribution in [0, 0.1) is 5.92 Å². The second-order valence-corrected chi connectivity index (χ2v) is 6.50. The molecule has 1 aliphatic rings. The molecule has 1 heterocycles. The van der Waals surface area contributed by atoms with Crippen LogP contribution in [-0.2, 0) is 9.53 Å². The topological polar surface area (TPSA) is 49.8 Å². The minimum Gasteiger partial charge on any atom is -0.460 e. The first-order valence-corrected chi connectivity index (χ1v) is 7.18. The molecule has 0 aromatic heterocycles. The summed E-state index contributed by atoms with van der Waals surface area (Å²) in [5, 5.41) is 9.22. The van der Waals surface area contributed by atoms with Gasteiger partial charge in [0, 0.05) is 6.54 Å². The predicted molar refractivity (Wildman–Crippen MR) is 71.7 cm³/mol. The van der Waals surface area contributed by atoms with E-state index in [9.17, 15) is 23.1 Å². The van der Waals surface area contributed by atoms with Gasteiger partial charge < -0.3 is 14.7 Å². The average Bonchev–Trinajstić information content (AvgIpc) is 2.33. The second-order valence-electron chi connectivity index (χ2n) is 6.50. The van der Waals surface area contributed by atoms with E-state index in [1.54, 1.807) is 20.8 Å². The lowest BCUT2D eigenvalue weighted by molar-refractivity contribution is -0.223. The summed E-state index contributed by atoms with van der Waals surface area (Å²) in [6.45, 7) is 6.75. The van der Waals surface area contributed by atoms with Crippen LogP contribution in [0.25, 0.3) is 0 Å². The normalized spacial score (nSPS) is 20.3. The largest absolute Gasteiger partial charge is 0.460 e. The van der Waals surface area contributed by atoms with Gasteiger partial charge >= 0.3 is 12.1 Å². The van der Waals surface area contributed by atoms with Crippen molar-refractivity contribution < 1.29 is 27.8 Å². The highest BCUT2D eigenvalue weighted by Crippen LogP contribution is 2.31. The maximum absolute atomic E-state index is 12.4. The van der Waals surface area contributed by atoms with Crippen molar-refractivity contribution in [3.8, 4) is 0 Å². The monoisotopic (exact) mass is 311 g/mol. The van der Waals surface area contributed by atoms with Gasteiger partial charge in [-0.1, -0.05) is 0 Å². The van der Waals surface area contributed by atoms with Crippen LogP contribution >= 0.6 is 0 Å². The molecular weight excluding hydrogens is 287 g/mol. The highest BCUT2D eigenvalue weighted by molar-refractivity contribution is 5.70. The van der Waals surface area contributed by atoms with Crippen molar-refractivity contribution in [2.45, 2.75) is 57.9 Å². The molecule has 0 amide bonds. The number of hydrogen-bond donors (Lipinski definition) is 1. The number of halogens is 3. The van der Waals surface area contributed by atoms with Crippen LogP contribution in [0.3, 0.4) is 0 Å². The number of nitrogens with zero attached hydrogens (tertiary/aromatic N) is 1. The molecule has 1 unspecified atom stereocenters. The third kappa shape index (κ3) is 6.65. The predicted octanol–water partition coefficient (Wildman–Crippen LogP) is 2.35. The summed E-state index contributed by atoms with van der Waals surface area (Å²) >= 11 is 0. The molecule has 1 N–H and O–H groups in total. The van der Waals surface area contributed by atoms with E-state index < -0.39 is 23.8 Å². The van der Waals surface area contributed by atoms with Crippen LogP contribution in [0.5, 0.6) is 0 Å². The van der Waals surface area contributed by atoms with Gasteiger partial charge in [0.1, 0.15) is 5.60 Å². The molecule has 4 nitrogen and oxygen atoms in total. The number of likely N-dealkylation sites (tertiary alicyclic amines) is 1. The molecule has 0 aliphatic carbocycles. The first kappa shape index (κ1) is 18.2. The van der Waals surface area contributed by atoms with Crippen molar-refractivity contribution in [1.82, 2.24) is 4.90 Å². The van der Waals surface area contributed by atoms with Crippen molar-refractivity contribution in [2.75, 3.05) is 19.6 Å². The smallest absolute Gasteiger partial charge is 0.414 e. The molecule has 1 fully saturated rings. The van der Waals surface area contributed by atoms with Crippen molar-refractivity contribution in [3.05, 3.63) is 0 Å². The zero-order chi connectivity index (χ0) is 16.3. The molecule has 124 valence electrons. The van der Waals surface area contributed by atoms with Gasteiger partial charge in [-0.2, -0.15) is 13.2 Å². The molecule has 0 radical (unpaired) electrons. The second kappa shape index (κ2) is 6.96. The molecule has 0 spiro atoms. The van der Waals surface area contributed by atoms with Gasteiger partial charge in [-0.05, 0) is 52.6 Å². The number of alkyl halides is 3. The number of esters is 1. The minimum atomic E-state index is -4.55. The SMILES string of the molecule is CC(C)(C)OC(=O)CCN1CCC(C(O)C(F)(F)F)CC1. The van der Waals surface area contributed by atoms with Crippen molar-refractivity contribution >= 4 is 5.97 Å². The van der Waals surface area contributed by atoms with Crippen LogP contribution in [0.2, 0.25) is 0 Å². The van der Waals surface area contributed by atoms with Crippen LogP contribution in [0.1, 0.15) is 40.0 Å². The number of rotatable bonds is 4. The third-order valence-corrected chi connectivity index (χ3v) is 3.47. The summed E-state index contributed by atoms with van der Waals surface area (Å²) in [7, 11) is 0. The summed E-state index contributed by atoms with van der Waals surface area (Å²) < 4.78 is 42.4. The number of aliphatic hydroxyl groups excluding tert-OH is 1. The molecular formula is C14H24F3NO3. The standard InChI is InChI=1S/C14H24F3NO3/c1-13(2,3)21-11(19)6-9-18-7-4-10(5-8-18)12(20)14(15,16)17/h10,12,20H,4-9H2,1-3H3. The average molecular weight is 311 g/mol. The molecule has 1 aliphatic heterocycles. The minimum absolute atomic E-state index is 0.226. The van der Waals surface area contributed by atoms with E-state index in [-0.39, 0.29) is 25.2 Å². The Morgan fingerprint density at radius 3 is 2.24 bits per heavy atom. The fraction of sp³-hybridized carbons (Fsp3) is 0.929. The van der Waals surface area contributed by atoms with Crippen LogP contribution in [0.15, 0.2) is 0 Å². The fourth-order valence-corrected chi connectivity index (χ4v) is 2.40. The first-order chi connectivity index (χ1) is 9.49. The lowest BCUT2D eigenvalue weighted by Gasteiger charge is -2.34. The lowest BCUT2D eigenvalue weighted by atomic mass is 9.91. The van der Waals surface area contributed by atoms with E-state index in [0.29, 0.717) is 19.6 Å². The van der Waals surface area contributed by atoms with Gasteiger partial charge in [0.25, 0.3) is 0 Å². The quantitative estimate of drug-likeness (QED) is 0.810. The van der Waals surface area contributed by atoms with E-state index in [1.165, 1.54) is 0 Å². The zero-order valence-electron chi connectivity index (χ0n) is 12.7. The number of hydrogen-bond acceptors (Lipinski definition) is 4. The Morgan fingerprint density at radius 2 is 1.81 bits per heavy atom. The van der Waals surface area contributed by atoms with E-state index >= 15 is 0 Å². The van der Waals surface area contributed by atoms with Crippen LogP contribution in [0.4, 0.5) is 13.2 Å². The molecule has 7 heteroatoms. The van der Waals surface area contributed by atoms with Gasteiger partial charge in [0.15, 0.2) is 6.10 Å². The molecule has 0 saturated carbocycles. The number of ether oxygens (including phenoxy) is 1. The summed E-state index contributed by atoms with van der Waals surface area (Å²) in [6.07, 6.45) is -6.00. The zero-order valence-corrected chi connectivity index (χ0v) is 12.7. The van der Waals surface area contributed by atoms with Crippen molar-refractivity contribution in [3.63, 3.8) is 0 Å². The highest BCUT2D eigenvalue weighted by atomic mass is 19.4. The van der Waals surface area contributed by atoms with Crippen LogP contribution < -0.4 is 0 Å². The van der Waals surface area contributed by atoms with Crippen molar-refractivity contribution in [2.24, 2.45) is 5.92 Å². The maximum Gasteiger partial charge on any atom is 0.414 e. The van der Waals surface area contributed by atoms with Gasteiger partial charge in [-0.15, -0.1) is 0 Å². The highest BCUT2D eigenvalue weighted by Gasteiger charge is 2.44. The van der Waals surface area contributed by atoms with Crippen LogP contribution in [-0.4, -0.2) is 53.5 Å². The van der Waals surface area contributed by atoms with E-state index in [1.807, 2.05) is 4.90 Å². The Kier molecular flexibility index (Phi) is 6.04. The summed E-state index contributed by atoms with van der Waals surface area (Å²) in [6, 6.07) is 0. The molecule has 1 atom stereocenters. The first-order valence-electron chi connectivity index (χ1n) is 7.18. The fourth-order valence-electron chi connectivity index (χ4n) is 2.40. The molecule has 0 aromatic rings. The number of carbonyl (C=O) groups is 1. The Bertz CT molecular complexity index is 344. The molecule has 21 heavy (non-hydrogen) atoms. The van der Waals surface area contributed by atoms with Gasteiger partial charge in [-0.25, -0.2) is 0 Å².